The van der Waals surface area contributed by atoms with E-state index in [0.29, 0.717) is 11.4 Å². The number of amides is 1. The average molecular weight is 342 g/mol. The normalized spacial score (nSPS) is 15.5. The van der Waals surface area contributed by atoms with E-state index in [0.717, 1.165) is 37.5 Å². The highest BCUT2D eigenvalue weighted by molar-refractivity contribution is 5.96. The molecule has 1 aliphatic rings. The van der Waals surface area contributed by atoms with Crippen molar-refractivity contribution >= 4 is 17.4 Å². The number of likely N-dealkylation sites (tertiary alicyclic amines) is 1. The van der Waals surface area contributed by atoms with Gasteiger partial charge in [0.15, 0.2) is 0 Å². The summed E-state index contributed by atoms with van der Waals surface area (Å²) >= 11 is 0. The van der Waals surface area contributed by atoms with E-state index in [4.69, 9.17) is 5.73 Å². The number of nitrogens with zero attached hydrogens (tertiary/aromatic N) is 2. The molecule has 2 rings (SSSR count). The van der Waals surface area contributed by atoms with E-state index >= 15 is 0 Å². The number of amidine groups is 1. The van der Waals surface area contributed by atoms with Crippen molar-refractivity contribution in [3.05, 3.63) is 54.4 Å². The number of para-hydroxylation sites is 1. The van der Waals surface area contributed by atoms with Crippen LogP contribution in [0, 0.1) is 0 Å². The Labute approximate surface area is 151 Å². The lowest BCUT2D eigenvalue weighted by molar-refractivity contribution is -0.114. The van der Waals surface area contributed by atoms with Crippen LogP contribution in [0.5, 0.6) is 0 Å². The van der Waals surface area contributed by atoms with E-state index in [9.17, 15) is 4.79 Å². The predicted molar refractivity (Wildman–Crippen MR) is 106 cm³/mol. The largest absolute Gasteiger partial charge is 0.366 e. The summed E-state index contributed by atoms with van der Waals surface area (Å²) < 4.78 is 0. The third-order valence-electron chi connectivity index (χ3n) is 3.85. The van der Waals surface area contributed by atoms with E-state index in [1.54, 1.807) is 13.0 Å². The Kier molecular flexibility index (Phi) is 9.07. The number of primary amides is 1. The molecule has 1 aliphatic heterocycles. The zero-order valence-electron chi connectivity index (χ0n) is 15.6. The number of anilines is 1. The molecule has 1 aromatic carbocycles. The number of piperidine rings is 1. The summed E-state index contributed by atoms with van der Waals surface area (Å²) in [5, 5.41) is 3.18. The van der Waals surface area contributed by atoms with Crippen LogP contribution in [-0.2, 0) is 4.79 Å². The van der Waals surface area contributed by atoms with E-state index in [-0.39, 0.29) is 0 Å². The van der Waals surface area contributed by atoms with Crippen LogP contribution in [-0.4, -0.2) is 29.7 Å². The van der Waals surface area contributed by atoms with Crippen LogP contribution in [0.4, 0.5) is 5.69 Å². The van der Waals surface area contributed by atoms with E-state index in [1.165, 1.54) is 6.42 Å². The highest BCUT2D eigenvalue weighted by Crippen LogP contribution is 2.16. The first-order chi connectivity index (χ1) is 12.1. The number of hydrogen-bond donors (Lipinski definition) is 2. The minimum atomic E-state index is -0.491. The third kappa shape index (κ3) is 6.45. The molecule has 136 valence electrons. The molecule has 1 heterocycles. The highest BCUT2D eigenvalue weighted by atomic mass is 16.1. The molecule has 25 heavy (non-hydrogen) atoms. The van der Waals surface area contributed by atoms with Gasteiger partial charge in [0.1, 0.15) is 11.7 Å². The van der Waals surface area contributed by atoms with Gasteiger partial charge in [-0.2, -0.15) is 0 Å². The molecule has 5 nitrogen and oxygen atoms in total. The molecule has 5 heteroatoms. The third-order valence-corrected chi connectivity index (χ3v) is 3.85. The van der Waals surface area contributed by atoms with Crippen molar-refractivity contribution < 1.29 is 4.79 Å². The SMILES string of the molecule is C=C/C(=N\C(Nc1ccccc1)=C(/C)C(N)=O)N1CCCCC1.CC. The molecular formula is C20H30N4O. The second kappa shape index (κ2) is 11.1. The van der Waals surface area contributed by atoms with Crippen molar-refractivity contribution in [1.82, 2.24) is 4.90 Å². The Morgan fingerprint density at radius 3 is 2.32 bits per heavy atom. The lowest BCUT2D eigenvalue weighted by atomic mass is 10.1. The average Bonchev–Trinajstić information content (AvgIpc) is 2.67. The van der Waals surface area contributed by atoms with E-state index in [2.05, 4.69) is 21.8 Å². The standard InChI is InChI=1S/C18H24N4O.C2H6/c1-3-16(22-12-8-5-9-13-22)21-18(14(2)17(19)23)20-15-10-6-4-7-11-15;1-2/h3-4,6-7,10-11,20H,1,5,8-9,12-13H2,2H3,(H2,19,23);1-2H3/b18-14+,21-16+;. The topological polar surface area (TPSA) is 70.7 Å². The summed E-state index contributed by atoms with van der Waals surface area (Å²) in [4.78, 5) is 18.4. The van der Waals surface area contributed by atoms with E-state index < -0.39 is 5.91 Å². The van der Waals surface area contributed by atoms with Gasteiger partial charge in [-0.3, -0.25) is 4.79 Å². The minimum Gasteiger partial charge on any atom is -0.366 e. The lowest BCUT2D eigenvalue weighted by Crippen LogP contribution is -2.35. The molecule has 3 N–H and O–H groups in total. The molecular weight excluding hydrogens is 312 g/mol. The second-order valence-electron chi connectivity index (χ2n) is 5.55. The monoisotopic (exact) mass is 342 g/mol. The van der Waals surface area contributed by atoms with Crippen molar-refractivity contribution in [2.24, 2.45) is 10.7 Å². The maximum atomic E-state index is 11.6. The number of nitrogens with one attached hydrogen (secondary N) is 1. The van der Waals surface area contributed by atoms with Gasteiger partial charge in [0, 0.05) is 18.8 Å². The fourth-order valence-electron chi connectivity index (χ4n) is 2.46. The summed E-state index contributed by atoms with van der Waals surface area (Å²) in [5.41, 5.74) is 6.69. The van der Waals surface area contributed by atoms with Gasteiger partial charge in [-0.05, 0) is 44.4 Å². The van der Waals surface area contributed by atoms with Crippen LogP contribution in [0.15, 0.2) is 59.4 Å². The number of carbonyl (C=O) groups excluding carboxylic acids is 1. The van der Waals surface area contributed by atoms with Gasteiger partial charge in [-0.1, -0.05) is 38.6 Å². The van der Waals surface area contributed by atoms with Gasteiger partial charge in [0.25, 0.3) is 0 Å². The zero-order valence-corrected chi connectivity index (χ0v) is 15.6. The Balaban J connectivity index is 0.00000151. The molecule has 1 saturated heterocycles. The summed E-state index contributed by atoms with van der Waals surface area (Å²) in [6.07, 6.45) is 5.26. The van der Waals surface area contributed by atoms with Crippen molar-refractivity contribution in [3.8, 4) is 0 Å². The highest BCUT2D eigenvalue weighted by Gasteiger charge is 2.15. The number of nitrogens with two attached hydrogens (primary N) is 1. The number of aliphatic imine (C=N–C) groups is 1. The second-order valence-corrected chi connectivity index (χ2v) is 5.55. The summed E-state index contributed by atoms with van der Waals surface area (Å²) in [6.45, 7) is 11.5. The molecule has 0 aliphatic carbocycles. The smallest absolute Gasteiger partial charge is 0.248 e. The van der Waals surface area contributed by atoms with Crippen LogP contribution in [0.2, 0.25) is 0 Å². The van der Waals surface area contributed by atoms with E-state index in [1.807, 2.05) is 44.2 Å². The summed E-state index contributed by atoms with van der Waals surface area (Å²) in [7, 11) is 0. The predicted octanol–water partition coefficient (Wildman–Crippen LogP) is 3.91. The first-order valence-corrected chi connectivity index (χ1v) is 8.90. The molecule has 0 radical (unpaired) electrons. The molecule has 1 aromatic rings. The molecule has 1 amide bonds. The Morgan fingerprint density at radius 1 is 1.20 bits per heavy atom. The molecule has 0 saturated carbocycles. The number of carbonyl (C=O) groups is 1. The van der Waals surface area contributed by atoms with Crippen LogP contribution >= 0.6 is 0 Å². The van der Waals surface area contributed by atoms with Crippen LogP contribution in [0.1, 0.15) is 40.0 Å². The first-order valence-electron chi connectivity index (χ1n) is 8.90. The summed E-state index contributed by atoms with van der Waals surface area (Å²) in [6, 6.07) is 9.60. The van der Waals surface area contributed by atoms with Crippen molar-refractivity contribution in [1.29, 1.82) is 0 Å². The molecule has 0 aromatic heterocycles. The number of hydrogen-bond acceptors (Lipinski definition) is 3. The van der Waals surface area contributed by atoms with Gasteiger partial charge in [-0.15, -0.1) is 0 Å². The van der Waals surface area contributed by atoms with Crippen LogP contribution < -0.4 is 11.1 Å². The fraction of sp³-hybridized carbons (Fsp3) is 0.400. The van der Waals surface area contributed by atoms with Crippen LogP contribution in [0.25, 0.3) is 0 Å². The van der Waals surface area contributed by atoms with Crippen molar-refractivity contribution in [3.63, 3.8) is 0 Å². The van der Waals surface area contributed by atoms with Gasteiger partial charge < -0.3 is 16.0 Å². The molecule has 0 spiro atoms. The quantitative estimate of drug-likeness (QED) is 0.484. The number of rotatable bonds is 5. The number of benzene rings is 1. The Hall–Kier alpha value is -2.56. The lowest BCUT2D eigenvalue weighted by Gasteiger charge is -2.28. The van der Waals surface area contributed by atoms with Gasteiger partial charge in [0.05, 0.1) is 5.57 Å². The fourth-order valence-corrected chi connectivity index (χ4v) is 2.46. The van der Waals surface area contributed by atoms with Crippen molar-refractivity contribution in [2.75, 3.05) is 18.4 Å². The van der Waals surface area contributed by atoms with Gasteiger partial charge in [0.2, 0.25) is 5.91 Å². The molecule has 0 unspecified atom stereocenters. The minimum absolute atomic E-state index is 0.394. The Bertz CT molecular complexity index is 614. The maximum absolute atomic E-state index is 11.6. The molecule has 1 fully saturated rings. The van der Waals surface area contributed by atoms with Gasteiger partial charge >= 0.3 is 0 Å². The Morgan fingerprint density at radius 2 is 1.80 bits per heavy atom. The molecule has 0 atom stereocenters. The summed E-state index contributed by atoms with van der Waals surface area (Å²) in [5.74, 6) is 0.738. The zero-order chi connectivity index (χ0) is 18.7. The van der Waals surface area contributed by atoms with Gasteiger partial charge in [-0.25, -0.2) is 4.99 Å². The van der Waals surface area contributed by atoms with Crippen molar-refractivity contribution in [2.45, 2.75) is 40.0 Å². The molecule has 0 bridgehead atoms. The first kappa shape index (κ1) is 20.5. The maximum Gasteiger partial charge on any atom is 0.248 e. The van der Waals surface area contributed by atoms with Crippen LogP contribution in [0.3, 0.4) is 0 Å².